The Bertz CT molecular complexity index is 1050. The van der Waals surface area contributed by atoms with Gasteiger partial charge in [0.1, 0.15) is 17.3 Å². The molecular formula is C25H23FN2O3. The number of piperidine rings is 1. The molecule has 158 valence electrons. The fraction of sp³-hybridized carbons (Fsp3) is 0.200. The van der Waals surface area contributed by atoms with Gasteiger partial charge in [0, 0.05) is 36.3 Å². The molecule has 0 saturated carbocycles. The number of hydrogen-bond donors (Lipinski definition) is 1. The molecule has 4 rings (SSSR count). The lowest BCUT2D eigenvalue weighted by Crippen LogP contribution is -2.41. The lowest BCUT2D eigenvalue weighted by atomic mass is 9.95. The van der Waals surface area contributed by atoms with Crippen LogP contribution in [0.4, 0.5) is 10.1 Å². The van der Waals surface area contributed by atoms with E-state index in [0.29, 0.717) is 42.9 Å². The number of benzene rings is 3. The van der Waals surface area contributed by atoms with Gasteiger partial charge in [0.2, 0.25) is 5.91 Å². The number of anilines is 1. The summed E-state index contributed by atoms with van der Waals surface area (Å²) < 4.78 is 18.9. The fourth-order valence-corrected chi connectivity index (χ4v) is 3.63. The Morgan fingerprint density at radius 3 is 2.26 bits per heavy atom. The number of hydrogen-bond acceptors (Lipinski definition) is 3. The molecule has 3 aromatic rings. The molecule has 1 aliphatic rings. The van der Waals surface area contributed by atoms with E-state index in [2.05, 4.69) is 5.32 Å². The Morgan fingerprint density at radius 1 is 0.871 bits per heavy atom. The first-order chi connectivity index (χ1) is 15.1. The number of nitrogens with one attached hydrogen (secondary N) is 1. The van der Waals surface area contributed by atoms with Crippen molar-refractivity contribution in [2.75, 3.05) is 18.4 Å². The van der Waals surface area contributed by atoms with Crippen LogP contribution in [0.25, 0.3) is 0 Å². The molecule has 6 heteroatoms. The second-order valence-corrected chi connectivity index (χ2v) is 7.51. The average Bonchev–Trinajstić information content (AvgIpc) is 2.80. The van der Waals surface area contributed by atoms with E-state index < -0.39 is 0 Å². The zero-order valence-electron chi connectivity index (χ0n) is 17.0. The van der Waals surface area contributed by atoms with Crippen LogP contribution in [0.15, 0.2) is 78.9 Å². The molecule has 5 nitrogen and oxygen atoms in total. The first kappa shape index (κ1) is 20.6. The average molecular weight is 418 g/mol. The molecule has 0 radical (unpaired) electrons. The van der Waals surface area contributed by atoms with Crippen LogP contribution in [0.3, 0.4) is 0 Å². The molecule has 1 saturated heterocycles. The number of ether oxygens (including phenoxy) is 1. The molecule has 0 aliphatic carbocycles. The van der Waals surface area contributed by atoms with Crippen LogP contribution >= 0.6 is 0 Å². The second-order valence-electron chi connectivity index (χ2n) is 7.51. The summed E-state index contributed by atoms with van der Waals surface area (Å²) in [5.41, 5.74) is 1.13. The van der Waals surface area contributed by atoms with Gasteiger partial charge in [-0.3, -0.25) is 9.59 Å². The van der Waals surface area contributed by atoms with Gasteiger partial charge < -0.3 is 15.0 Å². The standard InChI is InChI=1S/C25H23FN2O3/c26-20-11-9-19(10-12-20)25(30)28-15-13-18(14-16-28)24(29)27-21-5-4-8-23(17-21)31-22-6-2-1-3-7-22/h1-12,17-18H,13-16H2,(H,27,29). The number of amides is 2. The van der Waals surface area contributed by atoms with Gasteiger partial charge in [-0.05, 0) is 61.4 Å². The van der Waals surface area contributed by atoms with Crippen LogP contribution in [0.2, 0.25) is 0 Å². The van der Waals surface area contributed by atoms with Gasteiger partial charge in [0.15, 0.2) is 0 Å². The zero-order valence-corrected chi connectivity index (χ0v) is 17.0. The molecule has 1 fully saturated rings. The number of likely N-dealkylation sites (tertiary alicyclic amines) is 1. The lowest BCUT2D eigenvalue weighted by Gasteiger charge is -2.31. The van der Waals surface area contributed by atoms with Crippen LogP contribution in [0.1, 0.15) is 23.2 Å². The number of carbonyl (C=O) groups excluding carboxylic acids is 2. The third kappa shape index (κ3) is 5.28. The molecule has 0 aromatic heterocycles. The number of rotatable bonds is 5. The molecule has 0 bridgehead atoms. The maximum atomic E-state index is 13.1. The summed E-state index contributed by atoms with van der Waals surface area (Å²) in [6.45, 7) is 0.983. The summed E-state index contributed by atoms with van der Waals surface area (Å²) in [7, 11) is 0. The largest absolute Gasteiger partial charge is 0.457 e. The molecule has 1 aliphatic heterocycles. The number of halogens is 1. The van der Waals surface area contributed by atoms with Crippen LogP contribution in [0, 0.1) is 11.7 Å². The first-order valence-corrected chi connectivity index (χ1v) is 10.3. The second kappa shape index (κ2) is 9.43. The molecule has 1 heterocycles. The highest BCUT2D eigenvalue weighted by Crippen LogP contribution is 2.25. The number of carbonyl (C=O) groups is 2. The van der Waals surface area contributed by atoms with Crippen LogP contribution in [-0.4, -0.2) is 29.8 Å². The third-order valence-corrected chi connectivity index (χ3v) is 5.32. The molecule has 3 aromatic carbocycles. The molecule has 1 N–H and O–H groups in total. The maximum Gasteiger partial charge on any atom is 0.253 e. The Hall–Kier alpha value is -3.67. The molecule has 31 heavy (non-hydrogen) atoms. The monoisotopic (exact) mass is 418 g/mol. The Kier molecular flexibility index (Phi) is 6.26. The van der Waals surface area contributed by atoms with Crippen molar-refractivity contribution in [3.63, 3.8) is 0 Å². The number of para-hydroxylation sites is 1. The summed E-state index contributed by atoms with van der Waals surface area (Å²) in [5, 5.41) is 2.96. The van der Waals surface area contributed by atoms with E-state index in [1.54, 1.807) is 11.0 Å². The van der Waals surface area contributed by atoms with E-state index in [4.69, 9.17) is 4.74 Å². The zero-order chi connectivity index (χ0) is 21.6. The maximum absolute atomic E-state index is 13.1. The molecule has 2 amide bonds. The van der Waals surface area contributed by atoms with E-state index in [0.717, 1.165) is 5.75 Å². The van der Waals surface area contributed by atoms with Crippen molar-refractivity contribution < 1.29 is 18.7 Å². The van der Waals surface area contributed by atoms with E-state index in [9.17, 15) is 14.0 Å². The molecule has 0 atom stereocenters. The van der Waals surface area contributed by atoms with Crippen LogP contribution < -0.4 is 10.1 Å². The highest BCUT2D eigenvalue weighted by molar-refractivity contribution is 5.95. The van der Waals surface area contributed by atoms with Crippen molar-refractivity contribution in [2.24, 2.45) is 5.92 Å². The SMILES string of the molecule is O=C(Nc1cccc(Oc2ccccc2)c1)C1CCN(C(=O)c2ccc(F)cc2)CC1. The topological polar surface area (TPSA) is 58.6 Å². The van der Waals surface area contributed by atoms with E-state index in [-0.39, 0.29) is 23.5 Å². The molecule has 0 spiro atoms. The van der Waals surface area contributed by atoms with E-state index in [1.165, 1.54) is 24.3 Å². The van der Waals surface area contributed by atoms with Crippen LogP contribution in [0.5, 0.6) is 11.5 Å². The first-order valence-electron chi connectivity index (χ1n) is 10.3. The van der Waals surface area contributed by atoms with Gasteiger partial charge in [0.25, 0.3) is 5.91 Å². The van der Waals surface area contributed by atoms with Gasteiger partial charge in [-0.1, -0.05) is 24.3 Å². The van der Waals surface area contributed by atoms with Crippen molar-refractivity contribution in [3.05, 3.63) is 90.2 Å². The van der Waals surface area contributed by atoms with E-state index >= 15 is 0 Å². The minimum absolute atomic E-state index is 0.0641. The van der Waals surface area contributed by atoms with Crippen LogP contribution in [-0.2, 0) is 4.79 Å². The van der Waals surface area contributed by atoms with Crippen molar-refractivity contribution in [2.45, 2.75) is 12.8 Å². The highest BCUT2D eigenvalue weighted by atomic mass is 19.1. The summed E-state index contributed by atoms with van der Waals surface area (Å²) in [6.07, 6.45) is 1.16. The Balaban J connectivity index is 1.31. The number of nitrogens with zero attached hydrogens (tertiary/aromatic N) is 1. The fourth-order valence-electron chi connectivity index (χ4n) is 3.63. The normalized spacial score (nSPS) is 14.2. The van der Waals surface area contributed by atoms with Crippen molar-refractivity contribution in [3.8, 4) is 11.5 Å². The Morgan fingerprint density at radius 2 is 1.55 bits per heavy atom. The van der Waals surface area contributed by atoms with Crippen molar-refractivity contribution >= 4 is 17.5 Å². The minimum atomic E-state index is -0.370. The Labute approximate surface area is 180 Å². The summed E-state index contributed by atoms with van der Waals surface area (Å²) >= 11 is 0. The quantitative estimate of drug-likeness (QED) is 0.627. The van der Waals surface area contributed by atoms with Gasteiger partial charge in [0.05, 0.1) is 0 Å². The molecule has 0 unspecified atom stereocenters. The van der Waals surface area contributed by atoms with Gasteiger partial charge in [-0.15, -0.1) is 0 Å². The predicted octanol–water partition coefficient (Wildman–Crippen LogP) is 5.11. The summed E-state index contributed by atoms with van der Waals surface area (Å²) in [6, 6.07) is 22.3. The predicted molar refractivity (Wildman–Crippen MR) is 117 cm³/mol. The van der Waals surface area contributed by atoms with Gasteiger partial charge in [-0.2, -0.15) is 0 Å². The van der Waals surface area contributed by atoms with Crippen molar-refractivity contribution in [1.82, 2.24) is 4.90 Å². The summed E-state index contributed by atoms with van der Waals surface area (Å²) in [4.78, 5) is 27.0. The lowest BCUT2D eigenvalue weighted by molar-refractivity contribution is -0.121. The van der Waals surface area contributed by atoms with E-state index in [1.807, 2.05) is 48.5 Å². The minimum Gasteiger partial charge on any atom is -0.457 e. The van der Waals surface area contributed by atoms with Crippen molar-refractivity contribution in [1.29, 1.82) is 0 Å². The molecular weight excluding hydrogens is 395 g/mol. The smallest absolute Gasteiger partial charge is 0.253 e. The van der Waals surface area contributed by atoms with Gasteiger partial charge in [-0.25, -0.2) is 4.39 Å². The third-order valence-electron chi connectivity index (χ3n) is 5.32. The summed E-state index contributed by atoms with van der Waals surface area (Å²) in [5.74, 6) is 0.629. The highest BCUT2D eigenvalue weighted by Gasteiger charge is 2.28. The van der Waals surface area contributed by atoms with Gasteiger partial charge >= 0.3 is 0 Å².